The number of aliphatic imine (C=N–C) groups is 1. The van der Waals surface area contributed by atoms with E-state index in [0.717, 1.165) is 3.79 Å². The lowest BCUT2D eigenvalue weighted by atomic mass is 10.1. The van der Waals surface area contributed by atoms with Gasteiger partial charge in [-0.25, -0.2) is 4.99 Å². The minimum absolute atomic E-state index is 0. The molecule has 0 bridgehead atoms. The molecule has 0 aliphatic heterocycles. The van der Waals surface area contributed by atoms with Crippen LogP contribution in [0.4, 0.5) is 0 Å². The van der Waals surface area contributed by atoms with Gasteiger partial charge >= 0.3 is 0 Å². The van der Waals surface area contributed by atoms with E-state index >= 15 is 0 Å². The standard InChI is InChI=1S/C10H16BrN3S.HI/c1-10(2,3)14-9(12)13-6-7-4-5-15-8(7)11;/h4-5H,6H2,1-3H3,(H3,12,13,14);1H. The number of halogens is 2. The Hall–Kier alpha value is 0.180. The molecule has 0 unspecified atom stereocenters. The van der Waals surface area contributed by atoms with Crippen LogP contribution in [0.15, 0.2) is 20.2 Å². The van der Waals surface area contributed by atoms with Gasteiger partial charge in [0.1, 0.15) is 0 Å². The van der Waals surface area contributed by atoms with Gasteiger partial charge in [-0.1, -0.05) is 0 Å². The normalized spacial score (nSPS) is 12.1. The molecule has 0 aliphatic carbocycles. The molecule has 16 heavy (non-hydrogen) atoms. The molecule has 1 rings (SSSR count). The molecule has 0 aromatic carbocycles. The average Bonchev–Trinajstić information content (AvgIpc) is 2.44. The van der Waals surface area contributed by atoms with Crippen LogP contribution in [-0.4, -0.2) is 11.5 Å². The summed E-state index contributed by atoms with van der Waals surface area (Å²) in [6, 6.07) is 2.04. The number of hydrogen-bond donors (Lipinski definition) is 2. The van der Waals surface area contributed by atoms with Crippen molar-refractivity contribution < 1.29 is 0 Å². The lowest BCUT2D eigenvalue weighted by Crippen LogP contribution is -2.44. The van der Waals surface area contributed by atoms with Crippen LogP contribution in [0.25, 0.3) is 0 Å². The monoisotopic (exact) mass is 417 g/mol. The zero-order valence-electron chi connectivity index (χ0n) is 9.58. The maximum atomic E-state index is 5.75. The fraction of sp³-hybridized carbons (Fsp3) is 0.500. The predicted octanol–water partition coefficient (Wildman–Crippen LogP) is 3.33. The highest BCUT2D eigenvalue weighted by Crippen LogP contribution is 2.23. The zero-order valence-corrected chi connectivity index (χ0v) is 14.3. The summed E-state index contributed by atoms with van der Waals surface area (Å²) in [6.45, 7) is 6.76. The van der Waals surface area contributed by atoms with Crippen molar-refractivity contribution in [3.8, 4) is 0 Å². The number of nitrogens with zero attached hydrogens (tertiary/aromatic N) is 1. The summed E-state index contributed by atoms with van der Waals surface area (Å²) < 4.78 is 1.12. The quantitative estimate of drug-likeness (QED) is 0.440. The highest BCUT2D eigenvalue weighted by molar-refractivity contribution is 14.0. The molecule has 0 saturated heterocycles. The summed E-state index contributed by atoms with van der Waals surface area (Å²) in [7, 11) is 0. The van der Waals surface area contributed by atoms with Crippen LogP contribution in [-0.2, 0) is 6.54 Å². The largest absolute Gasteiger partial charge is 0.370 e. The number of rotatable bonds is 2. The fourth-order valence-corrected chi connectivity index (χ4v) is 2.24. The maximum absolute atomic E-state index is 5.75. The molecule has 1 aromatic rings. The predicted molar refractivity (Wildman–Crippen MR) is 85.6 cm³/mol. The lowest BCUT2D eigenvalue weighted by Gasteiger charge is -2.20. The molecular weight excluding hydrogens is 401 g/mol. The molecule has 0 fully saturated rings. The minimum Gasteiger partial charge on any atom is -0.370 e. The first-order valence-corrected chi connectivity index (χ1v) is 6.36. The minimum atomic E-state index is -0.0422. The van der Waals surface area contributed by atoms with E-state index < -0.39 is 0 Å². The number of nitrogens with two attached hydrogens (primary N) is 1. The Morgan fingerprint density at radius 2 is 2.19 bits per heavy atom. The van der Waals surface area contributed by atoms with Crippen LogP contribution in [0.1, 0.15) is 26.3 Å². The summed E-state index contributed by atoms with van der Waals surface area (Å²) in [6.07, 6.45) is 0. The van der Waals surface area contributed by atoms with E-state index in [0.29, 0.717) is 12.5 Å². The van der Waals surface area contributed by atoms with Gasteiger partial charge in [-0.15, -0.1) is 35.3 Å². The van der Waals surface area contributed by atoms with Gasteiger partial charge in [0.15, 0.2) is 5.96 Å². The Labute approximate surface area is 126 Å². The Balaban J connectivity index is 0.00000225. The zero-order chi connectivity index (χ0) is 11.5. The van der Waals surface area contributed by atoms with E-state index in [9.17, 15) is 0 Å². The second kappa shape index (κ2) is 6.80. The first-order valence-electron chi connectivity index (χ1n) is 4.68. The van der Waals surface area contributed by atoms with Crippen molar-refractivity contribution >= 4 is 57.2 Å². The van der Waals surface area contributed by atoms with Crippen LogP contribution in [0, 0.1) is 0 Å². The smallest absolute Gasteiger partial charge is 0.189 e. The first-order chi connectivity index (χ1) is 6.88. The molecule has 0 amide bonds. The Morgan fingerprint density at radius 3 is 2.62 bits per heavy atom. The molecule has 1 aromatic heterocycles. The summed E-state index contributed by atoms with van der Waals surface area (Å²) in [5, 5.41) is 5.15. The Bertz CT molecular complexity index is 357. The van der Waals surface area contributed by atoms with Crippen LogP contribution in [0.3, 0.4) is 0 Å². The number of hydrogen-bond acceptors (Lipinski definition) is 2. The highest BCUT2D eigenvalue weighted by Gasteiger charge is 2.09. The molecule has 6 heteroatoms. The van der Waals surface area contributed by atoms with E-state index in [1.54, 1.807) is 11.3 Å². The van der Waals surface area contributed by atoms with Gasteiger partial charge in [-0.2, -0.15) is 0 Å². The maximum Gasteiger partial charge on any atom is 0.189 e. The molecule has 92 valence electrons. The summed E-state index contributed by atoms with van der Waals surface area (Å²) in [5.74, 6) is 0.487. The molecular formula is C10H17BrIN3S. The number of thiophene rings is 1. The molecule has 0 saturated carbocycles. The molecule has 3 N–H and O–H groups in total. The van der Waals surface area contributed by atoms with E-state index in [1.165, 1.54) is 5.56 Å². The second-order valence-electron chi connectivity index (χ2n) is 4.30. The third kappa shape index (κ3) is 6.05. The fourth-order valence-electron chi connectivity index (χ4n) is 1.03. The SMILES string of the molecule is CC(C)(C)NC(N)=NCc1ccsc1Br.I. The van der Waals surface area contributed by atoms with Crippen molar-refractivity contribution in [2.75, 3.05) is 0 Å². The first kappa shape index (κ1) is 16.2. The van der Waals surface area contributed by atoms with Gasteiger partial charge in [-0.3, -0.25) is 0 Å². The van der Waals surface area contributed by atoms with Crippen LogP contribution >= 0.6 is 51.2 Å². The number of guanidine groups is 1. The van der Waals surface area contributed by atoms with Gasteiger partial charge in [-0.05, 0) is 53.7 Å². The summed E-state index contributed by atoms with van der Waals surface area (Å²) in [5.41, 5.74) is 6.88. The highest BCUT2D eigenvalue weighted by atomic mass is 127. The van der Waals surface area contributed by atoms with Gasteiger partial charge in [0.25, 0.3) is 0 Å². The second-order valence-corrected chi connectivity index (χ2v) is 6.53. The van der Waals surface area contributed by atoms with Gasteiger partial charge < -0.3 is 11.1 Å². The van der Waals surface area contributed by atoms with E-state index in [2.05, 4.69) is 47.0 Å². The molecule has 1 heterocycles. The van der Waals surface area contributed by atoms with E-state index in [-0.39, 0.29) is 29.5 Å². The lowest BCUT2D eigenvalue weighted by molar-refractivity contribution is 0.508. The third-order valence-corrected chi connectivity index (χ3v) is 3.43. The topological polar surface area (TPSA) is 50.4 Å². The Kier molecular flexibility index (Phi) is 6.88. The van der Waals surface area contributed by atoms with Gasteiger partial charge in [0, 0.05) is 5.54 Å². The molecule has 0 radical (unpaired) electrons. The average molecular weight is 418 g/mol. The molecule has 3 nitrogen and oxygen atoms in total. The number of nitrogens with one attached hydrogen (secondary N) is 1. The van der Waals surface area contributed by atoms with Crippen LogP contribution < -0.4 is 11.1 Å². The molecule has 0 spiro atoms. The molecule has 0 aliphatic rings. The van der Waals surface area contributed by atoms with E-state index in [1.807, 2.05) is 11.4 Å². The molecule has 0 atom stereocenters. The van der Waals surface area contributed by atoms with Crippen LogP contribution in [0.2, 0.25) is 0 Å². The van der Waals surface area contributed by atoms with Gasteiger partial charge in [0.2, 0.25) is 0 Å². The van der Waals surface area contributed by atoms with Crippen molar-refractivity contribution in [3.05, 3.63) is 20.8 Å². The van der Waals surface area contributed by atoms with Gasteiger partial charge in [0.05, 0.1) is 10.3 Å². The third-order valence-electron chi connectivity index (χ3n) is 1.62. The van der Waals surface area contributed by atoms with Crippen molar-refractivity contribution in [2.24, 2.45) is 10.7 Å². The van der Waals surface area contributed by atoms with Crippen LogP contribution in [0.5, 0.6) is 0 Å². The van der Waals surface area contributed by atoms with Crippen molar-refractivity contribution in [2.45, 2.75) is 32.9 Å². The summed E-state index contributed by atoms with van der Waals surface area (Å²) >= 11 is 5.12. The van der Waals surface area contributed by atoms with Crippen molar-refractivity contribution in [1.82, 2.24) is 5.32 Å². The van der Waals surface area contributed by atoms with Crippen molar-refractivity contribution in [1.29, 1.82) is 0 Å². The Morgan fingerprint density at radius 1 is 1.56 bits per heavy atom. The summed E-state index contributed by atoms with van der Waals surface area (Å²) in [4.78, 5) is 4.27. The van der Waals surface area contributed by atoms with E-state index in [4.69, 9.17) is 5.73 Å². The van der Waals surface area contributed by atoms with Crippen molar-refractivity contribution in [3.63, 3.8) is 0 Å².